The highest BCUT2D eigenvalue weighted by Gasteiger charge is 2.35. The Hall–Kier alpha value is -1.63. The van der Waals surface area contributed by atoms with Gasteiger partial charge in [-0.05, 0) is 6.42 Å². The molecule has 1 aliphatic heterocycles. The van der Waals surface area contributed by atoms with Crippen molar-refractivity contribution >= 4 is 23.3 Å². The Morgan fingerprint density at radius 3 is 2.89 bits per heavy atom. The van der Waals surface area contributed by atoms with E-state index in [2.05, 4.69) is 17.2 Å². The number of carboxylic acids is 1. The Kier molecular flexibility index (Phi) is 3.81. The first-order valence-corrected chi connectivity index (χ1v) is 6.61. The molecule has 0 aromatic carbocycles. The van der Waals surface area contributed by atoms with Crippen molar-refractivity contribution in [2.75, 3.05) is 13.1 Å². The van der Waals surface area contributed by atoms with E-state index in [1.165, 1.54) is 9.78 Å². The number of nitrogens with zero attached hydrogens (tertiary/aromatic N) is 2. The van der Waals surface area contributed by atoms with Gasteiger partial charge >= 0.3 is 12.0 Å². The first kappa shape index (κ1) is 12.8. The summed E-state index contributed by atoms with van der Waals surface area (Å²) in [6.45, 7) is 3.04. The van der Waals surface area contributed by atoms with Gasteiger partial charge in [0.25, 0.3) is 0 Å². The molecule has 0 spiro atoms. The largest absolute Gasteiger partial charge is 0.481 e. The zero-order chi connectivity index (χ0) is 13.1. The molecule has 1 aromatic heterocycles. The highest BCUT2D eigenvalue weighted by molar-refractivity contribution is 7.11. The number of aryl methyl sites for hydroxylation is 1. The van der Waals surface area contributed by atoms with Crippen LogP contribution in [0.25, 0.3) is 0 Å². The lowest BCUT2D eigenvalue weighted by Crippen LogP contribution is -2.56. The summed E-state index contributed by atoms with van der Waals surface area (Å²) in [6.07, 6.45) is 2.76. The maximum absolute atomic E-state index is 11.6. The van der Waals surface area contributed by atoms with Gasteiger partial charge in [-0.2, -0.15) is 0 Å². The summed E-state index contributed by atoms with van der Waals surface area (Å²) in [7, 11) is 0. The number of carbonyl (C=O) groups excluding carboxylic acids is 1. The molecule has 98 valence electrons. The zero-order valence-corrected chi connectivity index (χ0v) is 10.9. The molecule has 2 N–H and O–H groups in total. The summed E-state index contributed by atoms with van der Waals surface area (Å²) in [5, 5.41) is 12.3. The van der Waals surface area contributed by atoms with E-state index in [-0.39, 0.29) is 6.03 Å². The second kappa shape index (κ2) is 5.34. The van der Waals surface area contributed by atoms with E-state index in [0.717, 1.165) is 11.4 Å². The molecule has 0 aliphatic carbocycles. The second-order valence-electron chi connectivity index (χ2n) is 4.17. The van der Waals surface area contributed by atoms with E-state index in [9.17, 15) is 9.59 Å². The quantitative estimate of drug-likeness (QED) is 0.852. The molecule has 1 aliphatic rings. The minimum atomic E-state index is -0.841. The average molecular weight is 269 g/mol. The standard InChI is InChI=1S/C11H15N3O3S/c1-2-8-3-12-9(18-8)4-13-11(17)14-5-7(6-14)10(15)16/h3,7H,2,4-6H2,1H3,(H,13,17)(H,15,16). The summed E-state index contributed by atoms with van der Waals surface area (Å²) >= 11 is 1.58. The molecule has 2 rings (SSSR count). The summed E-state index contributed by atoms with van der Waals surface area (Å²) in [4.78, 5) is 29.1. The van der Waals surface area contributed by atoms with E-state index in [0.29, 0.717) is 19.6 Å². The van der Waals surface area contributed by atoms with Crippen LogP contribution >= 0.6 is 11.3 Å². The van der Waals surface area contributed by atoms with E-state index in [4.69, 9.17) is 5.11 Å². The normalized spacial score (nSPS) is 15.3. The Morgan fingerprint density at radius 2 is 2.33 bits per heavy atom. The highest BCUT2D eigenvalue weighted by Crippen LogP contribution is 2.16. The molecule has 0 unspecified atom stereocenters. The van der Waals surface area contributed by atoms with Crippen molar-refractivity contribution in [3.8, 4) is 0 Å². The van der Waals surface area contributed by atoms with Crippen molar-refractivity contribution in [3.05, 3.63) is 16.1 Å². The monoisotopic (exact) mass is 269 g/mol. The molecular formula is C11H15N3O3S. The van der Waals surface area contributed by atoms with Crippen LogP contribution in [0.5, 0.6) is 0 Å². The number of carbonyl (C=O) groups is 2. The highest BCUT2D eigenvalue weighted by atomic mass is 32.1. The Labute approximate surface area is 109 Å². The molecule has 0 saturated carbocycles. The van der Waals surface area contributed by atoms with Gasteiger partial charge in [-0.3, -0.25) is 4.79 Å². The van der Waals surface area contributed by atoms with Crippen LogP contribution < -0.4 is 5.32 Å². The van der Waals surface area contributed by atoms with Gasteiger partial charge in [0.1, 0.15) is 5.01 Å². The SMILES string of the molecule is CCc1cnc(CNC(=O)N2CC(C(=O)O)C2)s1. The third-order valence-corrected chi connectivity index (χ3v) is 4.00. The zero-order valence-electron chi connectivity index (χ0n) is 10.0. The maximum atomic E-state index is 11.6. The number of thiazole rings is 1. The van der Waals surface area contributed by atoms with Crippen LogP contribution in [0.4, 0.5) is 4.79 Å². The molecule has 1 saturated heterocycles. The van der Waals surface area contributed by atoms with Crippen LogP contribution in [0.3, 0.4) is 0 Å². The minimum absolute atomic E-state index is 0.222. The van der Waals surface area contributed by atoms with Crippen LogP contribution in [0.1, 0.15) is 16.8 Å². The summed E-state index contributed by atoms with van der Waals surface area (Å²) in [5.74, 6) is -1.26. The topological polar surface area (TPSA) is 82.5 Å². The number of rotatable bonds is 4. The number of carboxylic acid groups (broad SMARTS) is 1. The number of nitrogens with one attached hydrogen (secondary N) is 1. The van der Waals surface area contributed by atoms with Crippen molar-refractivity contribution in [3.63, 3.8) is 0 Å². The maximum Gasteiger partial charge on any atom is 0.317 e. The lowest BCUT2D eigenvalue weighted by Gasteiger charge is -2.36. The summed E-state index contributed by atoms with van der Waals surface area (Å²) < 4.78 is 0. The fourth-order valence-electron chi connectivity index (χ4n) is 1.66. The van der Waals surface area contributed by atoms with Crippen molar-refractivity contribution in [1.29, 1.82) is 0 Å². The third-order valence-electron chi connectivity index (χ3n) is 2.86. The Bertz CT molecular complexity index is 454. The predicted molar refractivity (Wildman–Crippen MR) is 66.4 cm³/mol. The number of amides is 2. The van der Waals surface area contributed by atoms with E-state index in [1.807, 2.05) is 6.20 Å². The predicted octanol–water partition coefficient (Wildman–Crippen LogP) is 0.931. The van der Waals surface area contributed by atoms with Crippen LogP contribution in [-0.2, 0) is 17.8 Å². The van der Waals surface area contributed by atoms with Crippen molar-refractivity contribution < 1.29 is 14.7 Å². The van der Waals surface area contributed by atoms with Crippen LogP contribution in [-0.4, -0.2) is 40.1 Å². The molecule has 0 bridgehead atoms. The number of urea groups is 1. The molecule has 2 heterocycles. The van der Waals surface area contributed by atoms with Gasteiger partial charge in [0.15, 0.2) is 0 Å². The fourth-order valence-corrected chi connectivity index (χ4v) is 2.46. The molecule has 7 heteroatoms. The molecule has 2 amide bonds. The van der Waals surface area contributed by atoms with E-state index >= 15 is 0 Å². The summed E-state index contributed by atoms with van der Waals surface area (Å²) in [5.41, 5.74) is 0. The van der Waals surface area contributed by atoms with Gasteiger partial charge in [0, 0.05) is 24.2 Å². The number of aliphatic carboxylic acids is 1. The van der Waals surface area contributed by atoms with Crippen molar-refractivity contribution in [2.24, 2.45) is 5.92 Å². The first-order chi connectivity index (χ1) is 8.60. The minimum Gasteiger partial charge on any atom is -0.481 e. The van der Waals surface area contributed by atoms with Gasteiger partial charge < -0.3 is 15.3 Å². The number of aromatic nitrogens is 1. The molecule has 18 heavy (non-hydrogen) atoms. The van der Waals surface area contributed by atoms with Gasteiger partial charge in [-0.15, -0.1) is 11.3 Å². The molecular weight excluding hydrogens is 254 g/mol. The summed E-state index contributed by atoms with van der Waals surface area (Å²) in [6, 6.07) is -0.222. The van der Waals surface area contributed by atoms with E-state index < -0.39 is 11.9 Å². The van der Waals surface area contributed by atoms with Gasteiger partial charge in [-0.25, -0.2) is 9.78 Å². The lowest BCUT2D eigenvalue weighted by molar-refractivity contribution is -0.146. The average Bonchev–Trinajstić information content (AvgIpc) is 2.71. The van der Waals surface area contributed by atoms with Crippen LogP contribution in [0.15, 0.2) is 6.20 Å². The third kappa shape index (κ3) is 2.79. The molecule has 0 radical (unpaired) electrons. The van der Waals surface area contributed by atoms with Crippen molar-refractivity contribution in [1.82, 2.24) is 15.2 Å². The molecule has 0 atom stereocenters. The van der Waals surface area contributed by atoms with Crippen LogP contribution in [0.2, 0.25) is 0 Å². The van der Waals surface area contributed by atoms with Crippen molar-refractivity contribution in [2.45, 2.75) is 19.9 Å². The van der Waals surface area contributed by atoms with Gasteiger partial charge in [-0.1, -0.05) is 6.92 Å². The fraction of sp³-hybridized carbons (Fsp3) is 0.545. The number of hydrogen-bond donors (Lipinski definition) is 2. The first-order valence-electron chi connectivity index (χ1n) is 5.79. The van der Waals surface area contributed by atoms with Gasteiger partial charge in [0.05, 0.1) is 12.5 Å². The smallest absolute Gasteiger partial charge is 0.317 e. The second-order valence-corrected chi connectivity index (χ2v) is 5.37. The van der Waals surface area contributed by atoms with E-state index in [1.54, 1.807) is 11.3 Å². The Balaban J connectivity index is 1.74. The Morgan fingerprint density at radius 1 is 1.61 bits per heavy atom. The van der Waals surface area contributed by atoms with Gasteiger partial charge in [0.2, 0.25) is 0 Å². The van der Waals surface area contributed by atoms with Crippen LogP contribution in [0, 0.1) is 5.92 Å². The lowest BCUT2D eigenvalue weighted by atomic mass is 10.0. The molecule has 1 aromatic rings. The number of hydrogen-bond acceptors (Lipinski definition) is 4. The number of likely N-dealkylation sites (tertiary alicyclic amines) is 1. The molecule has 1 fully saturated rings. The molecule has 6 nitrogen and oxygen atoms in total.